The maximum atomic E-state index is 14.0. The number of aryl methyl sites for hydroxylation is 1. The van der Waals surface area contributed by atoms with Crippen molar-refractivity contribution in [3.63, 3.8) is 0 Å². The van der Waals surface area contributed by atoms with Gasteiger partial charge in [-0.25, -0.2) is 13.8 Å². The van der Waals surface area contributed by atoms with Crippen molar-refractivity contribution in [2.24, 2.45) is 7.05 Å². The molecule has 2 N–H and O–H groups in total. The van der Waals surface area contributed by atoms with E-state index in [0.717, 1.165) is 22.7 Å². The van der Waals surface area contributed by atoms with Crippen molar-refractivity contribution in [3.05, 3.63) is 88.0 Å². The molecule has 0 saturated heterocycles. The Kier molecular flexibility index (Phi) is 4.43. The summed E-state index contributed by atoms with van der Waals surface area (Å²) in [6, 6.07) is 10.6. The molecule has 0 aliphatic rings. The fraction of sp³-hybridized carbons (Fsp3) is 0.0909. The van der Waals surface area contributed by atoms with Crippen LogP contribution in [0.3, 0.4) is 0 Å². The molecule has 0 radical (unpaired) electrons. The van der Waals surface area contributed by atoms with Crippen LogP contribution in [0.25, 0.3) is 21.9 Å². The lowest BCUT2D eigenvalue weighted by molar-refractivity contribution is 0.574. The van der Waals surface area contributed by atoms with Crippen molar-refractivity contribution >= 4 is 33.6 Å². The first-order valence-electron chi connectivity index (χ1n) is 9.48. The molecule has 3 heterocycles. The summed E-state index contributed by atoms with van der Waals surface area (Å²) < 4.78 is 28.6. The lowest BCUT2D eigenvalue weighted by atomic mass is 10.0. The standard InChI is InChI=1S/C22H16F2N6O/c1-30-20-15(7-13(21(30)31)6-12-2-3-16(23)9-18(12)24)10-25-22(28-20)27-17-4-5-19-14(8-17)11-26-29-19/h2-5,7-11H,6H2,1H3,(H,26,29)(H,25,27,28). The van der Waals surface area contributed by atoms with E-state index in [4.69, 9.17) is 0 Å². The average molecular weight is 418 g/mol. The van der Waals surface area contributed by atoms with Gasteiger partial charge in [0, 0.05) is 47.8 Å². The summed E-state index contributed by atoms with van der Waals surface area (Å²) in [7, 11) is 1.60. The third kappa shape index (κ3) is 3.50. The van der Waals surface area contributed by atoms with Gasteiger partial charge in [-0.05, 0) is 35.9 Å². The molecule has 5 rings (SSSR count). The summed E-state index contributed by atoms with van der Waals surface area (Å²) in [6.45, 7) is 0. The number of nitrogens with one attached hydrogen (secondary N) is 2. The summed E-state index contributed by atoms with van der Waals surface area (Å²) in [5, 5.41) is 11.6. The Labute approximate surface area is 174 Å². The normalized spacial score (nSPS) is 11.3. The van der Waals surface area contributed by atoms with Gasteiger partial charge in [-0.2, -0.15) is 10.1 Å². The highest BCUT2D eigenvalue weighted by molar-refractivity contribution is 5.83. The second-order valence-electron chi connectivity index (χ2n) is 7.22. The molecule has 9 heteroatoms. The molecule has 5 aromatic rings. The Bertz CT molecular complexity index is 1510. The molecule has 0 fully saturated rings. The number of nitrogens with zero attached hydrogens (tertiary/aromatic N) is 4. The summed E-state index contributed by atoms with van der Waals surface area (Å²) in [4.78, 5) is 21.6. The lowest BCUT2D eigenvalue weighted by Crippen LogP contribution is -2.22. The van der Waals surface area contributed by atoms with E-state index in [9.17, 15) is 13.6 Å². The van der Waals surface area contributed by atoms with Crippen molar-refractivity contribution in [3.8, 4) is 0 Å². The van der Waals surface area contributed by atoms with Crippen LogP contribution in [0.4, 0.5) is 20.4 Å². The second kappa shape index (κ2) is 7.28. The molecule has 0 amide bonds. The number of aromatic amines is 1. The molecule has 3 aromatic heterocycles. The highest BCUT2D eigenvalue weighted by Gasteiger charge is 2.13. The van der Waals surface area contributed by atoms with E-state index in [-0.39, 0.29) is 17.5 Å². The fourth-order valence-corrected chi connectivity index (χ4v) is 3.52. The molecule has 0 aliphatic carbocycles. The highest BCUT2D eigenvalue weighted by atomic mass is 19.1. The largest absolute Gasteiger partial charge is 0.324 e. The van der Waals surface area contributed by atoms with Gasteiger partial charge < -0.3 is 5.32 Å². The van der Waals surface area contributed by atoms with Gasteiger partial charge in [0.2, 0.25) is 5.95 Å². The molecule has 0 atom stereocenters. The Morgan fingerprint density at radius 2 is 1.90 bits per heavy atom. The Balaban J connectivity index is 1.49. The van der Waals surface area contributed by atoms with Crippen LogP contribution in [-0.2, 0) is 13.5 Å². The van der Waals surface area contributed by atoms with Crippen molar-refractivity contribution < 1.29 is 8.78 Å². The predicted octanol–water partition coefficient (Wildman–Crippen LogP) is 3.82. The number of benzene rings is 2. The average Bonchev–Trinajstić information content (AvgIpc) is 3.22. The topological polar surface area (TPSA) is 88.5 Å². The van der Waals surface area contributed by atoms with Gasteiger partial charge >= 0.3 is 0 Å². The molecule has 2 aromatic carbocycles. The molecule has 0 aliphatic heterocycles. The molecule has 154 valence electrons. The van der Waals surface area contributed by atoms with Gasteiger partial charge in [0.15, 0.2) is 0 Å². The third-order valence-electron chi connectivity index (χ3n) is 5.12. The lowest BCUT2D eigenvalue weighted by Gasteiger charge is -2.11. The van der Waals surface area contributed by atoms with Gasteiger partial charge in [0.05, 0.1) is 11.7 Å². The minimum Gasteiger partial charge on any atom is -0.324 e. The van der Waals surface area contributed by atoms with Crippen LogP contribution in [0.2, 0.25) is 0 Å². The number of hydrogen-bond donors (Lipinski definition) is 2. The zero-order valence-corrected chi connectivity index (χ0v) is 16.4. The molecule has 7 nitrogen and oxygen atoms in total. The molecule has 0 spiro atoms. The quantitative estimate of drug-likeness (QED) is 0.463. The van der Waals surface area contributed by atoms with Crippen LogP contribution < -0.4 is 10.9 Å². The van der Waals surface area contributed by atoms with E-state index in [1.54, 1.807) is 25.5 Å². The van der Waals surface area contributed by atoms with Crippen molar-refractivity contribution in [2.75, 3.05) is 5.32 Å². The smallest absolute Gasteiger partial charge is 0.255 e. The SMILES string of the molecule is Cn1c(=O)c(Cc2ccc(F)cc2F)cc2cnc(Nc3ccc4[nH]ncc4c3)nc21. The Morgan fingerprint density at radius 3 is 2.74 bits per heavy atom. The van der Waals surface area contributed by atoms with Crippen LogP contribution >= 0.6 is 0 Å². The molecule has 0 bridgehead atoms. The number of rotatable bonds is 4. The number of pyridine rings is 1. The van der Waals surface area contributed by atoms with Gasteiger partial charge in [-0.3, -0.25) is 14.5 Å². The Hall–Kier alpha value is -4.14. The number of hydrogen-bond acceptors (Lipinski definition) is 5. The number of halogens is 2. The van der Waals surface area contributed by atoms with Crippen LogP contribution in [0, 0.1) is 11.6 Å². The highest BCUT2D eigenvalue weighted by Crippen LogP contribution is 2.21. The van der Waals surface area contributed by atoms with Crippen molar-refractivity contribution in [1.82, 2.24) is 24.7 Å². The van der Waals surface area contributed by atoms with Crippen LogP contribution in [0.1, 0.15) is 11.1 Å². The molecule has 0 saturated carbocycles. The van der Waals surface area contributed by atoms with Crippen LogP contribution in [-0.4, -0.2) is 24.7 Å². The molecular weight excluding hydrogens is 402 g/mol. The summed E-state index contributed by atoms with van der Waals surface area (Å²) in [5.41, 5.74) is 2.44. The fourth-order valence-electron chi connectivity index (χ4n) is 3.52. The first-order valence-corrected chi connectivity index (χ1v) is 9.48. The summed E-state index contributed by atoms with van der Waals surface area (Å²) >= 11 is 0. The van der Waals surface area contributed by atoms with Crippen LogP contribution in [0.5, 0.6) is 0 Å². The Morgan fingerprint density at radius 1 is 1.03 bits per heavy atom. The number of fused-ring (bicyclic) bond motifs is 2. The van der Waals surface area contributed by atoms with E-state index in [2.05, 4.69) is 25.5 Å². The molecule has 0 unspecified atom stereocenters. The van der Waals surface area contributed by atoms with Crippen LogP contribution in [0.15, 0.2) is 59.7 Å². The van der Waals surface area contributed by atoms with Gasteiger partial charge in [-0.15, -0.1) is 0 Å². The maximum Gasteiger partial charge on any atom is 0.255 e. The van der Waals surface area contributed by atoms with E-state index in [1.807, 2.05) is 18.2 Å². The van der Waals surface area contributed by atoms with Gasteiger partial charge in [0.1, 0.15) is 17.3 Å². The van der Waals surface area contributed by atoms with E-state index in [0.29, 0.717) is 22.5 Å². The van der Waals surface area contributed by atoms with Crippen molar-refractivity contribution in [2.45, 2.75) is 6.42 Å². The van der Waals surface area contributed by atoms with Gasteiger partial charge in [-0.1, -0.05) is 6.07 Å². The summed E-state index contributed by atoms with van der Waals surface area (Å²) in [5.74, 6) is -1.01. The predicted molar refractivity (Wildman–Crippen MR) is 113 cm³/mol. The van der Waals surface area contributed by atoms with E-state index in [1.165, 1.54) is 16.7 Å². The van der Waals surface area contributed by atoms with Crippen molar-refractivity contribution in [1.29, 1.82) is 0 Å². The third-order valence-corrected chi connectivity index (χ3v) is 5.12. The minimum atomic E-state index is -0.687. The monoisotopic (exact) mass is 418 g/mol. The number of H-pyrrole nitrogens is 1. The zero-order chi connectivity index (χ0) is 21.5. The molecule has 31 heavy (non-hydrogen) atoms. The van der Waals surface area contributed by atoms with E-state index < -0.39 is 11.6 Å². The zero-order valence-electron chi connectivity index (χ0n) is 16.4. The second-order valence-corrected chi connectivity index (χ2v) is 7.22. The summed E-state index contributed by atoms with van der Waals surface area (Å²) in [6.07, 6.45) is 3.36. The number of anilines is 2. The van der Waals surface area contributed by atoms with Gasteiger partial charge in [0.25, 0.3) is 5.56 Å². The first kappa shape index (κ1) is 18.9. The number of aromatic nitrogens is 5. The van der Waals surface area contributed by atoms with E-state index >= 15 is 0 Å². The first-order chi connectivity index (χ1) is 15.0. The maximum absolute atomic E-state index is 14.0. The minimum absolute atomic E-state index is 0.0411. The molecular formula is C22H16F2N6O.